The first-order valence-electron chi connectivity index (χ1n) is 2.86. The fourth-order valence-corrected chi connectivity index (χ4v) is 0.664. The molecule has 0 amide bonds. The average molecular weight is 133 g/mol. The fraction of sp³-hybridized carbons (Fsp3) is 0.143. The Morgan fingerprint density at radius 3 is 2.80 bits per heavy atom. The lowest BCUT2D eigenvalue weighted by Gasteiger charge is -1.97. The molecule has 0 spiro atoms. The lowest BCUT2D eigenvalue weighted by molar-refractivity contribution is 1.25. The molecule has 0 aliphatic heterocycles. The molecule has 1 aromatic heterocycles. The van der Waals surface area contributed by atoms with Crippen LogP contribution in [0, 0.1) is 18.3 Å². The van der Waals surface area contributed by atoms with Crippen LogP contribution in [0.3, 0.4) is 0 Å². The fourth-order valence-electron chi connectivity index (χ4n) is 0.664. The van der Waals surface area contributed by atoms with Crippen LogP contribution in [-0.4, -0.2) is 4.98 Å². The van der Waals surface area contributed by atoms with E-state index in [1.165, 1.54) is 6.20 Å². The zero-order valence-corrected chi connectivity index (χ0v) is 5.63. The maximum atomic E-state index is 8.47. The Bertz CT molecular complexity index is 285. The molecule has 0 aliphatic carbocycles. The zero-order valence-electron chi connectivity index (χ0n) is 5.63. The van der Waals surface area contributed by atoms with Crippen molar-refractivity contribution in [2.45, 2.75) is 6.92 Å². The Hall–Kier alpha value is -1.56. The summed E-state index contributed by atoms with van der Waals surface area (Å²) in [5.41, 5.74) is 7.35. The standard InChI is InChI=1S/C7H7N3/c1-5-3-10-4-6(2-8)7(5)9/h3-4H,1H3,(H2,9,10). The van der Waals surface area contributed by atoms with E-state index in [0.717, 1.165) is 5.56 Å². The topological polar surface area (TPSA) is 62.7 Å². The van der Waals surface area contributed by atoms with Crippen LogP contribution < -0.4 is 5.73 Å². The van der Waals surface area contributed by atoms with E-state index < -0.39 is 0 Å². The molecule has 10 heavy (non-hydrogen) atoms. The van der Waals surface area contributed by atoms with Crippen LogP contribution in [0.25, 0.3) is 0 Å². The highest BCUT2D eigenvalue weighted by Crippen LogP contribution is 2.12. The summed E-state index contributed by atoms with van der Waals surface area (Å²) in [6, 6.07) is 1.95. The van der Waals surface area contributed by atoms with Crippen molar-refractivity contribution in [2.24, 2.45) is 0 Å². The van der Waals surface area contributed by atoms with Crippen LogP contribution in [0.2, 0.25) is 0 Å². The van der Waals surface area contributed by atoms with E-state index in [1.54, 1.807) is 6.20 Å². The highest BCUT2D eigenvalue weighted by molar-refractivity contribution is 5.56. The minimum Gasteiger partial charge on any atom is -0.397 e. The van der Waals surface area contributed by atoms with Gasteiger partial charge in [0, 0.05) is 12.4 Å². The maximum absolute atomic E-state index is 8.47. The van der Waals surface area contributed by atoms with Crippen LogP contribution in [0.15, 0.2) is 12.4 Å². The number of pyridine rings is 1. The summed E-state index contributed by atoms with van der Waals surface area (Å²) >= 11 is 0. The molecule has 0 fully saturated rings. The first kappa shape index (κ1) is 6.56. The van der Waals surface area contributed by atoms with Crippen LogP contribution >= 0.6 is 0 Å². The largest absolute Gasteiger partial charge is 0.397 e. The Balaban J connectivity index is 3.31. The SMILES string of the molecule is Cc1cncc(C#N)c1N. The molecule has 0 bridgehead atoms. The number of nitrogens with zero attached hydrogens (tertiary/aromatic N) is 2. The summed E-state index contributed by atoms with van der Waals surface area (Å²) in [5, 5.41) is 8.47. The van der Waals surface area contributed by atoms with Crippen LogP contribution in [0.4, 0.5) is 5.69 Å². The second kappa shape index (κ2) is 2.36. The quantitative estimate of drug-likeness (QED) is 0.570. The number of rotatable bonds is 0. The molecule has 1 heterocycles. The van der Waals surface area contributed by atoms with Gasteiger partial charge in [-0.1, -0.05) is 0 Å². The molecular formula is C7H7N3. The van der Waals surface area contributed by atoms with Crippen molar-refractivity contribution in [1.29, 1.82) is 5.26 Å². The molecule has 0 saturated heterocycles. The molecule has 3 heteroatoms. The molecule has 1 rings (SSSR count). The van der Waals surface area contributed by atoms with Gasteiger partial charge in [-0.05, 0) is 12.5 Å². The highest BCUT2D eigenvalue weighted by atomic mass is 14.7. The number of aryl methyl sites for hydroxylation is 1. The van der Waals surface area contributed by atoms with E-state index >= 15 is 0 Å². The second-order valence-electron chi connectivity index (χ2n) is 2.03. The number of hydrogen-bond acceptors (Lipinski definition) is 3. The highest BCUT2D eigenvalue weighted by Gasteiger charge is 1.98. The molecule has 3 nitrogen and oxygen atoms in total. The van der Waals surface area contributed by atoms with Gasteiger partial charge in [0.05, 0.1) is 11.3 Å². The van der Waals surface area contributed by atoms with E-state index in [9.17, 15) is 0 Å². The molecule has 0 atom stereocenters. The van der Waals surface area contributed by atoms with Crippen molar-refractivity contribution in [3.05, 3.63) is 23.5 Å². The Kier molecular flexibility index (Phi) is 1.55. The molecule has 0 radical (unpaired) electrons. The van der Waals surface area contributed by atoms with Crippen molar-refractivity contribution < 1.29 is 0 Å². The summed E-state index contributed by atoms with van der Waals surface area (Å²) in [7, 11) is 0. The predicted molar refractivity (Wildman–Crippen MR) is 38.1 cm³/mol. The van der Waals surface area contributed by atoms with Gasteiger partial charge in [0.15, 0.2) is 0 Å². The van der Waals surface area contributed by atoms with Gasteiger partial charge in [0.2, 0.25) is 0 Å². The van der Waals surface area contributed by atoms with Gasteiger partial charge in [0.1, 0.15) is 6.07 Å². The van der Waals surface area contributed by atoms with Crippen molar-refractivity contribution in [1.82, 2.24) is 4.98 Å². The lowest BCUT2D eigenvalue weighted by atomic mass is 10.2. The number of nitrogens with two attached hydrogens (primary N) is 1. The van der Waals surface area contributed by atoms with E-state index in [2.05, 4.69) is 4.98 Å². The first-order valence-corrected chi connectivity index (χ1v) is 2.86. The molecular weight excluding hydrogens is 126 g/mol. The lowest BCUT2D eigenvalue weighted by Crippen LogP contribution is -1.94. The van der Waals surface area contributed by atoms with Gasteiger partial charge >= 0.3 is 0 Å². The van der Waals surface area contributed by atoms with Crippen LogP contribution in [-0.2, 0) is 0 Å². The normalized spacial score (nSPS) is 8.80. The van der Waals surface area contributed by atoms with Gasteiger partial charge in [0.25, 0.3) is 0 Å². The monoisotopic (exact) mass is 133 g/mol. The van der Waals surface area contributed by atoms with Crippen LogP contribution in [0.1, 0.15) is 11.1 Å². The summed E-state index contributed by atoms with van der Waals surface area (Å²) in [6.45, 7) is 1.82. The van der Waals surface area contributed by atoms with Gasteiger partial charge < -0.3 is 5.73 Å². The minimum absolute atomic E-state index is 0.444. The summed E-state index contributed by atoms with van der Waals surface area (Å²) in [5.74, 6) is 0. The van der Waals surface area contributed by atoms with Gasteiger partial charge in [-0.15, -0.1) is 0 Å². The van der Waals surface area contributed by atoms with Crippen LogP contribution in [0.5, 0.6) is 0 Å². The van der Waals surface area contributed by atoms with E-state index in [4.69, 9.17) is 11.0 Å². The van der Waals surface area contributed by atoms with Gasteiger partial charge in [-0.2, -0.15) is 5.26 Å². The Labute approximate surface area is 59.1 Å². The maximum Gasteiger partial charge on any atom is 0.103 e. The molecule has 1 aromatic rings. The predicted octanol–water partition coefficient (Wildman–Crippen LogP) is 0.844. The number of anilines is 1. The first-order chi connectivity index (χ1) is 4.75. The smallest absolute Gasteiger partial charge is 0.103 e. The van der Waals surface area contributed by atoms with Crippen molar-refractivity contribution in [3.8, 4) is 6.07 Å². The third kappa shape index (κ3) is 0.914. The van der Waals surface area contributed by atoms with E-state index in [0.29, 0.717) is 11.3 Å². The van der Waals surface area contributed by atoms with Gasteiger partial charge in [-0.3, -0.25) is 4.98 Å². The van der Waals surface area contributed by atoms with E-state index in [1.807, 2.05) is 13.0 Å². The van der Waals surface area contributed by atoms with Gasteiger partial charge in [-0.25, -0.2) is 0 Å². The van der Waals surface area contributed by atoms with Crippen molar-refractivity contribution >= 4 is 5.69 Å². The van der Waals surface area contributed by atoms with Crippen molar-refractivity contribution in [2.75, 3.05) is 5.73 Å². The minimum atomic E-state index is 0.444. The summed E-state index contributed by atoms with van der Waals surface area (Å²) in [4.78, 5) is 3.81. The number of nitriles is 1. The average Bonchev–Trinajstić information content (AvgIpc) is 1.95. The Morgan fingerprint density at radius 2 is 2.30 bits per heavy atom. The number of nitrogen functional groups attached to an aromatic ring is 1. The third-order valence-corrected chi connectivity index (χ3v) is 1.31. The van der Waals surface area contributed by atoms with E-state index in [-0.39, 0.29) is 0 Å². The number of hydrogen-bond donors (Lipinski definition) is 1. The molecule has 0 saturated carbocycles. The summed E-state index contributed by atoms with van der Waals surface area (Å²) < 4.78 is 0. The summed E-state index contributed by atoms with van der Waals surface area (Å²) in [6.07, 6.45) is 3.10. The zero-order chi connectivity index (χ0) is 7.56. The second-order valence-corrected chi connectivity index (χ2v) is 2.03. The number of aromatic nitrogens is 1. The molecule has 0 aromatic carbocycles. The molecule has 2 N–H and O–H groups in total. The third-order valence-electron chi connectivity index (χ3n) is 1.31. The van der Waals surface area contributed by atoms with Crippen molar-refractivity contribution in [3.63, 3.8) is 0 Å². The Morgan fingerprint density at radius 1 is 1.60 bits per heavy atom. The molecule has 0 aliphatic rings. The molecule has 50 valence electrons. The molecule has 0 unspecified atom stereocenters.